The van der Waals surface area contributed by atoms with Gasteiger partial charge in [0.1, 0.15) is 11.5 Å². The van der Waals surface area contributed by atoms with Gasteiger partial charge in [0.2, 0.25) is 0 Å². The number of hydrogen-bond donors (Lipinski definition) is 1. The molecule has 0 spiro atoms. The lowest BCUT2D eigenvalue weighted by Gasteiger charge is -2.15. The van der Waals surface area contributed by atoms with Gasteiger partial charge in [-0.2, -0.15) is 0 Å². The number of rotatable bonds is 7. The zero-order valence-electron chi connectivity index (χ0n) is 14.2. The van der Waals surface area contributed by atoms with E-state index in [2.05, 4.69) is 5.32 Å². The molecule has 0 aromatic heterocycles. The Hall–Kier alpha value is -2.89. The molecule has 24 heavy (non-hydrogen) atoms. The van der Waals surface area contributed by atoms with Gasteiger partial charge >= 0.3 is 0 Å². The van der Waals surface area contributed by atoms with Crippen LogP contribution in [0.4, 0.5) is 5.69 Å². The van der Waals surface area contributed by atoms with Gasteiger partial charge in [-0.1, -0.05) is 12.1 Å². The van der Waals surface area contributed by atoms with Gasteiger partial charge in [0.15, 0.2) is 11.5 Å². The zero-order valence-corrected chi connectivity index (χ0v) is 14.2. The predicted molar refractivity (Wildman–Crippen MR) is 91.7 cm³/mol. The minimum absolute atomic E-state index is 0.333. The Labute approximate surface area is 141 Å². The molecule has 1 N–H and O–H groups in total. The van der Waals surface area contributed by atoms with E-state index in [1.807, 2.05) is 19.1 Å². The topological polar surface area (TPSA) is 66.0 Å². The number of anilines is 1. The lowest BCUT2D eigenvalue weighted by molar-refractivity contribution is 0.102. The number of carbonyl (C=O) groups excluding carboxylic acids is 1. The number of methoxy groups -OCH3 is 3. The third kappa shape index (κ3) is 3.71. The number of benzene rings is 2. The number of amides is 1. The Kier molecular flexibility index (Phi) is 5.89. The molecule has 2 aromatic rings. The average Bonchev–Trinajstić information content (AvgIpc) is 2.62. The third-order valence-electron chi connectivity index (χ3n) is 3.39. The van der Waals surface area contributed by atoms with Crippen molar-refractivity contribution in [1.29, 1.82) is 0 Å². The van der Waals surface area contributed by atoms with Crippen molar-refractivity contribution >= 4 is 11.6 Å². The summed E-state index contributed by atoms with van der Waals surface area (Å²) in [6, 6.07) is 10.4. The predicted octanol–water partition coefficient (Wildman–Crippen LogP) is 3.36. The maximum Gasteiger partial charge on any atom is 0.259 e. The first kappa shape index (κ1) is 17.5. The van der Waals surface area contributed by atoms with E-state index in [0.29, 0.717) is 40.9 Å². The summed E-state index contributed by atoms with van der Waals surface area (Å²) in [6.07, 6.45) is 0. The molecule has 0 aliphatic heterocycles. The van der Waals surface area contributed by atoms with Crippen LogP contribution in [0, 0.1) is 0 Å². The molecule has 2 aromatic carbocycles. The number of para-hydroxylation sites is 2. The van der Waals surface area contributed by atoms with Crippen molar-refractivity contribution in [3.8, 4) is 23.0 Å². The van der Waals surface area contributed by atoms with E-state index in [1.54, 1.807) is 24.3 Å². The van der Waals surface area contributed by atoms with Gasteiger partial charge in [-0.25, -0.2) is 0 Å². The highest BCUT2D eigenvalue weighted by Crippen LogP contribution is 2.35. The molecular formula is C18H21NO5. The zero-order chi connectivity index (χ0) is 17.5. The molecule has 0 saturated heterocycles. The number of ether oxygens (including phenoxy) is 4. The van der Waals surface area contributed by atoms with Gasteiger partial charge in [-0.05, 0) is 19.1 Å². The summed E-state index contributed by atoms with van der Waals surface area (Å²) in [4.78, 5) is 12.7. The molecule has 128 valence electrons. The van der Waals surface area contributed by atoms with Gasteiger partial charge in [-0.15, -0.1) is 0 Å². The lowest BCUT2D eigenvalue weighted by Crippen LogP contribution is -2.14. The molecule has 6 nitrogen and oxygen atoms in total. The smallest absolute Gasteiger partial charge is 0.259 e. The van der Waals surface area contributed by atoms with Crippen LogP contribution in [-0.4, -0.2) is 33.8 Å². The van der Waals surface area contributed by atoms with Gasteiger partial charge in [0.25, 0.3) is 5.91 Å². The quantitative estimate of drug-likeness (QED) is 0.843. The Morgan fingerprint density at radius 1 is 0.917 bits per heavy atom. The molecule has 0 heterocycles. The van der Waals surface area contributed by atoms with Crippen LogP contribution < -0.4 is 24.3 Å². The molecule has 0 unspecified atom stereocenters. The van der Waals surface area contributed by atoms with E-state index >= 15 is 0 Å². The highest BCUT2D eigenvalue weighted by Gasteiger charge is 2.18. The average molecular weight is 331 g/mol. The van der Waals surface area contributed by atoms with Crippen molar-refractivity contribution in [3.05, 3.63) is 42.0 Å². The summed E-state index contributed by atoms with van der Waals surface area (Å²) in [7, 11) is 4.53. The van der Waals surface area contributed by atoms with Crippen LogP contribution in [-0.2, 0) is 0 Å². The fourth-order valence-corrected chi connectivity index (χ4v) is 2.25. The summed E-state index contributed by atoms with van der Waals surface area (Å²) < 4.78 is 21.3. The summed E-state index contributed by atoms with van der Waals surface area (Å²) in [5, 5.41) is 2.83. The minimum atomic E-state index is -0.333. The second-order valence-electron chi connectivity index (χ2n) is 4.79. The van der Waals surface area contributed by atoms with Crippen LogP contribution in [0.1, 0.15) is 17.3 Å². The molecule has 6 heteroatoms. The Morgan fingerprint density at radius 2 is 1.54 bits per heavy atom. The molecule has 0 atom stereocenters. The molecule has 0 aliphatic rings. The highest BCUT2D eigenvalue weighted by molar-refractivity contribution is 6.07. The maximum atomic E-state index is 12.7. The van der Waals surface area contributed by atoms with Crippen LogP contribution in [0.25, 0.3) is 0 Å². The van der Waals surface area contributed by atoms with Crippen molar-refractivity contribution in [2.45, 2.75) is 6.92 Å². The van der Waals surface area contributed by atoms with Gasteiger partial charge in [0.05, 0.1) is 39.2 Å². The van der Waals surface area contributed by atoms with Crippen molar-refractivity contribution in [2.24, 2.45) is 0 Å². The monoisotopic (exact) mass is 331 g/mol. The molecule has 1 amide bonds. The van der Waals surface area contributed by atoms with Crippen molar-refractivity contribution in [1.82, 2.24) is 0 Å². The fraction of sp³-hybridized carbons (Fsp3) is 0.278. The molecule has 0 fully saturated rings. The fourth-order valence-electron chi connectivity index (χ4n) is 2.25. The summed E-state index contributed by atoms with van der Waals surface area (Å²) in [5.41, 5.74) is 0.919. The van der Waals surface area contributed by atoms with E-state index in [0.717, 1.165) is 0 Å². The normalized spacial score (nSPS) is 10.0. The highest BCUT2D eigenvalue weighted by atomic mass is 16.5. The maximum absolute atomic E-state index is 12.7. The first-order valence-electron chi connectivity index (χ1n) is 7.47. The van der Waals surface area contributed by atoms with E-state index in [-0.39, 0.29) is 5.91 Å². The van der Waals surface area contributed by atoms with Crippen LogP contribution in [0.2, 0.25) is 0 Å². The van der Waals surface area contributed by atoms with Crippen molar-refractivity contribution < 1.29 is 23.7 Å². The van der Waals surface area contributed by atoms with Crippen LogP contribution in [0.15, 0.2) is 36.4 Å². The second-order valence-corrected chi connectivity index (χ2v) is 4.79. The Morgan fingerprint density at radius 3 is 2.17 bits per heavy atom. The lowest BCUT2D eigenvalue weighted by atomic mass is 10.1. The van der Waals surface area contributed by atoms with Crippen molar-refractivity contribution in [2.75, 3.05) is 33.3 Å². The number of nitrogens with one attached hydrogen (secondary N) is 1. The third-order valence-corrected chi connectivity index (χ3v) is 3.39. The SMILES string of the molecule is CCOc1ccccc1NC(=O)c1cc(OC)c(OC)cc1OC. The van der Waals surface area contributed by atoms with Crippen molar-refractivity contribution in [3.63, 3.8) is 0 Å². The summed E-state index contributed by atoms with van der Waals surface area (Å²) >= 11 is 0. The standard InChI is InChI=1S/C18H21NO5/c1-5-24-14-9-7-6-8-13(14)19-18(20)12-10-16(22-3)17(23-4)11-15(12)21-2/h6-11H,5H2,1-4H3,(H,19,20). The van der Waals surface area contributed by atoms with E-state index in [4.69, 9.17) is 18.9 Å². The minimum Gasteiger partial charge on any atom is -0.496 e. The first-order chi connectivity index (χ1) is 11.6. The van der Waals surface area contributed by atoms with E-state index in [1.165, 1.54) is 21.3 Å². The first-order valence-corrected chi connectivity index (χ1v) is 7.47. The molecule has 0 aliphatic carbocycles. The molecule has 0 bridgehead atoms. The second kappa shape index (κ2) is 8.10. The summed E-state index contributed by atoms with van der Waals surface area (Å²) in [5.74, 6) is 1.59. The van der Waals surface area contributed by atoms with E-state index in [9.17, 15) is 4.79 Å². The number of carbonyl (C=O) groups is 1. The van der Waals surface area contributed by atoms with Crippen LogP contribution >= 0.6 is 0 Å². The molecule has 2 rings (SSSR count). The largest absolute Gasteiger partial charge is 0.496 e. The van der Waals surface area contributed by atoms with Crippen LogP contribution in [0.3, 0.4) is 0 Å². The van der Waals surface area contributed by atoms with Gasteiger partial charge in [-0.3, -0.25) is 4.79 Å². The van der Waals surface area contributed by atoms with E-state index < -0.39 is 0 Å². The Bertz CT molecular complexity index is 715. The van der Waals surface area contributed by atoms with Gasteiger partial charge < -0.3 is 24.3 Å². The van der Waals surface area contributed by atoms with Gasteiger partial charge in [0, 0.05) is 12.1 Å². The van der Waals surface area contributed by atoms with Crippen LogP contribution in [0.5, 0.6) is 23.0 Å². The Balaban J connectivity index is 2.36. The molecular weight excluding hydrogens is 310 g/mol. The molecule has 0 saturated carbocycles. The summed E-state index contributed by atoms with van der Waals surface area (Å²) in [6.45, 7) is 2.39. The number of hydrogen-bond acceptors (Lipinski definition) is 5. The molecule has 0 radical (unpaired) electrons.